The fourth-order valence-electron chi connectivity index (χ4n) is 3.38. The highest BCUT2D eigenvalue weighted by molar-refractivity contribution is 5.93. The molecule has 0 unspecified atom stereocenters. The van der Waals surface area contributed by atoms with E-state index in [1.54, 1.807) is 4.68 Å². The lowest BCUT2D eigenvalue weighted by atomic mass is 10.0. The molecule has 0 saturated carbocycles. The summed E-state index contributed by atoms with van der Waals surface area (Å²) in [5.41, 5.74) is 5.02. The second kappa shape index (κ2) is 7.71. The molecule has 0 atom stereocenters. The van der Waals surface area contributed by atoms with Gasteiger partial charge in [0.15, 0.2) is 5.65 Å². The van der Waals surface area contributed by atoms with Crippen molar-refractivity contribution in [3.63, 3.8) is 0 Å². The lowest BCUT2D eigenvalue weighted by molar-refractivity contribution is -0.116. The number of rotatable bonds is 5. The van der Waals surface area contributed by atoms with E-state index in [9.17, 15) is 9.59 Å². The minimum absolute atomic E-state index is 0.0836. The average Bonchev–Trinajstić information content (AvgIpc) is 3.13. The van der Waals surface area contributed by atoms with E-state index in [2.05, 4.69) is 52.4 Å². The predicted octanol–water partition coefficient (Wildman–Crippen LogP) is 3.30. The molecule has 0 aliphatic carbocycles. The maximum atomic E-state index is 12.6. The topological polar surface area (TPSA) is 92.7 Å². The van der Waals surface area contributed by atoms with Gasteiger partial charge in [0.1, 0.15) is 5.39 Å². The van der Waals surface area contributed by atoms with Crippen molar-refractivity contribution in [2.24, 2.45) is 0 Å². The Morgan fingerprint density at radius 3 is 2.83 bits per heavy atom. The highest BCUT2D eigenvalue weighted by Gasteiger charge is 2.14. The smallest absolute Gasteiger partial charge is 0.261 e. The molecule has 0 spiro atoms. The largest absolute Gasteiger partial charge is 0.324 e. The molecule has 0 saturated heterocycles. The number of para-hydroxylation sites is 2. The lowest BCUT2D eigenvalue weighted by Gasteiger charge is -2.12. The Morgan fingerprint density at radius 2 is 2.00 bits per heavy atom. The van der Waals surface area contributed by atoms with E-state index >= 15 is 0 Å². The molecule has 0 radical (unpaired) electrons. The summed E-state index contributed by atoms with van der Waals surface area (Å²) in [7, 11) is 0. The molecule has 4 rings (SSSR count). The van der Waals surface area contributed by atoms with Crippen LogP contribution in [0.5, 0.6) is 0 Å². The number of carbonyl (C=O) groups excluding carboxylic acids is 1. The number of hydrogen-bond donors (Lipinski definition) is 2. The quantitative estimate of drug-likeness (QED) is 0.550. The minimum Gasteiger partial charge on any atom is -0.324 e. The second-order valence-corrected chi connectivity index (χ2v) is 7.02. The van der Waals surface area contributed by atoms with Gasteiger partial charge in [-0.3, -0.25) is 9.59 Å². The van der Waals surface area contributed by atoms with Gasteiger partial charge in [0, 0.05) is 6.42 Å². The van der Waals surface area contributed by atoms with Crippen LogP contribution in [-0.4, -0.2) is 25.7 Å². The van der Waals surface area contributed by atoms with Crippen LogP contribution in [0.25, 0.3) is 16.7 Å². The molecule has 29 heavy (non-hydrogen) atoms. The predicted molar refractivity (Wildman–Crippen MR) is 112 cm³/mol. The van der Waals surface area contributed by atoms with Crippen LogP contribution < -0.4 is 10.9 Å². The molecule has 0 aliphatic heterocycles. The molecule has 7 nitrogen and oxygen atoms in total. The van der Waals surface area contributed by atoms with Crippen LogP contribution in [0.15, 0.2) is 59.8 Å². The van der Waals surface area contributed by atoms with E-state index in [-0.39, 0.29) is 11.5 Å². The van der Waals surface area contributed by atoms with Crippen molar-refractivity contribution in [2.75, 3.05) is 5.32 Å². The molecule has 2 N–H and O–H groups in total. The Labute approximate surface area is 167 Å². The van der Waals surface area contributed by atoms with Crippen LogP contribution in [0.4, 0.5) is 5.69 Å². The molecular formula is C22H21N5O2. The molecule has 146 valence electrons. The van der Waals surface area contributed by atoms with Crippen molar-refractivity contribution in [1.82, 2.24) is 19.7 Å². The molecule has 2 aromatic carbocycles. The third-order valence-corrected chi connectivity index (χ3v) is 4.90. The van der Waals surface area contributed by atoms with Crippen molar-refractivity contribution in [3.05, 3.63) is 82.0 Å². The summed E-state index contributed by atoms with van der Waals surface area (Å²) in [6.07, 6.45) is 3.85. The van der Waals surface area contributed by atoms with E-state index in [0.29, 0.717) is 35.2 Å². The SMILES string of the molecule is Cc1ccc(CCC(=O)Nc2ccccc2-n2ncc3c(=O)[nH]cnc32)c(C)c1. The Balaban J connectivity index is 1.56. The number of amides is 1. The number of anilines is 1. The molecular weight excluding hydrogens is 366 g/mol. The van der Waals surface area contributed by atoms with Crippen molar-refractivity contribution in [1.29, 1.82) is 0 Å². The van der Waals surface area contributed by atoms with Crippen molar-refractivity contribution in [2.45, 2.75) is 26.7 Å². The summed E-state index contributed by atoms with van der Waals surface area (Å²) in [6.45, 7) is 4.12. The van der Waals surface area contributed by atoms with Crippen molar-refractivity contribution in [3.8, 4) is 5.69 Å². The highest BCUT2D eigenvalue weighted by Crippen LogP contribution is 2.22. The monoisotopic (exact) mass is 387 g/mol. The number of aromatic amines is 1. The van der Waals surface area contributed by atoms with Crippen molar-refractivity contribution >= 4 is 22.6 Å². The van der Waals surface area contributed by atoms with E-state index in [0.717, 1.165) is 0 Å². The number of benzene rings is 2. The van der Waals surface area contributed by atoms with Gasteiger partial charge in [-0.2, -0.15) is 5.10 Å². The molecule has 7 heteroatoms. The van der Waals surface area contributed by atoms with E-state index in [4.69, 9.17) is 0 Å². The van der Waals surface area contributed by atoms with Crippen LogP contribution in [0.1, 0.15) is 23.1 Å². The number of H-pyrrole nitrogens is 1. The van der Waals surface area contributed by atoms with E-state index < -0.39 is 0 Å². The number of aryl methyl sites for hydroxylation is 3. The van der Waals surface area contributed by atoms with Gasteiger partial charge in [-0.05, 0) is 43.5 Å². The summed E-state index contributed by atoms with van der Waals surface area (Å²) >= 11 is 0. The third kappa shape index (κ3) is 3.80. The zero-order valence-corrected chi connectivity index (χ0v) is 16.3. The standard InChI is InChI=1S/C22H21N5O2/c1-14-7-8-16(15(2)11-14)9-10-20(28)26-18-5-3-4-6-19(18)27-21-17(12-25-27)22(29)24-13-23-21/h3-8,11-13H,9-10H2,1-2H3,(H,26,28)(H,23,24,29). The van der Waals surface area contributed by atoms with Crippen LogP contribution in [0.3, 0.4) is 0 Å². The fraction of sp³-hybridized carbons (Fsp3) is 0.182. The van der Waals surface area contributed by atoms with Crippen molar-refractivity contribution < 1.29 is 4.79 Å². The number of carbonyl (C=O) groups is 1. The summed E-state index contributed by atoms with van der Waals surface area (Å²) < 4.78 is 1.56. The Kier molecular flexibility index (Phi) is 4.95. The number of fused-ring (bicyclic) bond motifs is 1. The van der Waals surface area contributed by atoms with Crippen LogP contribution in [0, 0.1) is 13.8 Å². The molecule has 4 aromatic rings. The fourth-order valence-corrected chi connectivity index (χ4v) is 3.38. The number of nitrogens with zero attached hydrogens (tertiary/aromatic N) is 3. The van der Waals surface area contributed by atoms with Gasteiger partial charge >= 0.3 is 0 Å². The van der Waals surface area contributed by atoms with Gasteiger partial charge in [-0.15, -0.1) is 0 Å². The summed E-state index contributed by atoms with van der Waals surface area (Å²) in [4.78, 5) is 31.3. The lowest BCUT2D eigenvalue weighted by Crippen LogP contribution is -2.15. The zero-order chi connectivity index (χ0) is 20.4. The molecule has 1 amide bonds. The van der Waals surface area contributed by atoms with Gasteiger partial charge in [-0.1, -0.05) is 35.9 Å². The summed E-state index contributed by atoms with van der Waals surface area (Å²) in [5, 5.41) is 7.65. The maximum Gasteiger partial charge on any atom is 0.261 e. The van der Waals surface area contributed by atoms with E-state index in [1.165, 1.54) is 29.2 Å². The highest BCUT2D eigenvalue weighted by atomic mass is 16.1. The maximum absolute atomic E-state index is 12.6. The molecule has 0 aliphatic rings. The Morgan fingerprint density at radius 1 is 1.17 bits per heavy atom. The Hall–Kier alpha value is -3.74. The Bertz CT molecular complexity index is 1260. The normalized spacial score (nSPS) is 11.0. The number of nitrogens with one attached hydrogen (secondary N) is 2. The molecule has 2 heterocycles. The first-order valence-electron chi connectivity index (χ1n) is 9.40. The van der Waals surface area contributed by atoms with Gasteiger partial charge in [0.05, 0.1) is 23.9 Å². The first-order valence-corrected chi connectivity index (χ1v) is 9.40. The average molecular weight is 387 g/mol. The third-order valence-electron chi connectivity index (χ3n) is 4.90. The summed E-state index contributed by atoms with van der Waals surface area (Å²) in [6, 6.07) is 13.6. The van der Waals surface area contributed by atoms with E-state index in [1.807, 2.05) is 24.3 Å². The van der Waals surface area contributed by atoms with Crippen LogP contribution in [0.2, 0.25) is 0 Å². The second-order valence-electron chi connectivity index (χ2n) is 7.02. The van der Waals surface area contributed by atoms with Gasteiger partial charge < -0.3 is 10.3 Å². The van der Waals surface area contributed by atoms with Gasteiger partial charge in [0.2, 0.25) is 5.91 Å². The number of hydrogen-bond acceptors (Lipinski definition) is 4. The first-order chi connectivity index (χ1) is 14.0. The first kappa shape index (κ1) is 18.6. The molecule has 0 bridgehead atoms. The van der Waals surface area contributed by atoms with Gasteiger partial charge in [0.25, 0.3) is 5.56 Å². The van der Waals surface area contributed by atoms with Gasteiger partial charge in [-0.25, -0.2) is 9.67 Å². The zero-order valence-electron chi connectivity index (χ0n) is 16.3. The molecule has 2 aromatic heterocycles. The summed E-state index contributed by atoms with van der Waals surface area (Å²) in [5.74, 6) is -0.0836. The minimum atomic E-state index is -0.253. The van der Waals surface area contributed by atoms with Crippen LogP contribution >= 0.6 is 0 Å². The molecule has 0 fully saturated rings. The number of aromatic nitrogens is 4. The van der Waals surface area contributed by atoms with Crippen LogP contribution in [-0.2, 0) is 11.2 Å².